The molecule has 0 aromatic heterocycles. The first-order valence-corrected chi connectivity index (χ1v) is 14.5. The third kappa shape index (κ3) is 5.64. The highest BCUT2D eigenvalue weighted by Crippen LogP contribution is 2.28. The second-order valence-corrected chi connectivity index (χ2v) is 11.6. The fourth-order valence-electron chi connectivity index (χ4n) is 4.23. The normalized spacial score (nSPS) is 12.7. The van der Waals surface area contributed by atoms with Crippen LogP contribution in [0, 0.1) is 6.92 Å². The molecule has 0 saturated carbocycles. The second kappa shape index (κ2) is 11.4. The molecule has 42 heavy (non-hydrogen) atoms. The summed E-state index contributed by atoms with van der Waals surface area (Å²) in [5.74, 6) is -3.16. The fourth-order valence-corrected chi connectivity index (χ4v) is 5.65. The predicted molar refractivity (Wildman–Crippen MR) is 154 cm³/mol. The van der Waals surface area contributed by atoms with Gasteiger partial charge in [0.05, 0.1) is 21.7 Å². The maximum atomic E-state index is 13.7. The lowest BCUT2D eigenvalue weighted by atomic mass is 10.1. The van der Waals surface area contributed by atoms with E-state index in [1.165, 1.54) is 66.7 Å². The van der Waals surface area contributed by atoms with Gasteiger partial charge in [0.25, 0.3) is 17.7 Å². The Morgan fingerprint density at radius 2 is 1.43 bits per heavy atom. The largest absolute Gasteiger partial charge is 0.379 e. The standard InChI is InChI=1S/C30H20Cl2N2O7S/c1-18-6-13-22(14-7-18)42(39,40)41-21-11-8-19(9-12-21)27(35)17-33(28(36)25-15-10-20(31)16-26(25)32)34-29(37)23-4-2-3-5-24(23)30(34)38/h2-16H,17H2,1H3. The number of Topliss-reactive ketones (excluding diaryl/α,β-unsaturated/α-hetero) is 1. The zero-order chi connectivity index (χ0) is 30.2. The van der Waals surface area contributed by atoms with Crippen molar-refractivity contribution in [2.75, 3.05) is 6.54 Å². The number of nitrogens with zero attached hydrogens (tertiary/aromatic N) is 2. The number of fused-ring (bicyclic) bond motifs is 1. The van der Waals surface area contributed by atoms with Crippen LogP contribution in [0.25, 0.3) is 0 Å². The van der Waals surface area contributed by atoms with Crippen molar-refractivity contribution in [1.29, 1.82) is 0 Å². The van der Waals surface area contributed by atoms with E-state index in [2.05, 4.69) is 0 Å². The number of hydrogen-bond donors (Lipinski definition) is 0. The average Bonchev–Trinajstić information content (AvgIpc) is 3.21. The van der Waals surface area contributed by atoms with Gasteiger partial charge in [-0.3, -0.25) is 19.2 Å². The Morgan fingerprint density at radius 3 is 2.00 bits per heavy atom. The summed E-state index contributed by atoms with van der Waals surface area (Å²) in [6.45, 7) is 1.10. The van der Waals surface area contributed by atoms with Gasteiger partial charge < -0.3 is 4.18 Å². The first kappa shape index (κ1) is 29.0. The maximum absolute atomic E-state index is 13.7. The Balaban J connectivity index is 1.42. The van der Waals surface area contributed by atoms with Crippen molar-refractivity contribution < 1.29 is 31.8 Å². The quantitative estimate of drug-likeness (QED) is 0.142. The van der Waals surface area contributed by atoms with E-state index in [-0.39, 0.29) is 42.9 Å². The Bertz CT molecular complexity index is 1820. The summed E-state index contributed by atoms with van der Waals surface area (Å²) in [5.41, 5.74) is 1.00. The average molecular weight is 623 g/mol. The molecule has 0 bridgehead atoms. The Labute approximate surface area is 250 Å². The summed E-state index contributed by atoms with van der Waals surface area (Å²) in [6.07, 6.45) is 0. The molecule has 9 nitrogen and oxygen atoms in total. The van der Waals surface area contributed by atoms with Gasteiger partial charge in [-0.2, -0.15) is 13.4 Å². The lowest BCUT2D eigenvalue weighted by Gasteiger charge is -2.29. The lowest BCUT2D eigenvalue weighted by molar-refractivity contribution is 0.00532. The predicted octanol–water partition coefficient (Wildman–Crippen LogP) is 5.61. The number of rotatable bonds is 8. The molecule has 1 heterocycles. The van der Waals surface area contributed by atoms with Crippen LogP contribution in [0.1, 0.15) is 47.0 Å². The second-order valence-electron chi connectivity index (χ2n) is 9.25. The molecule has 1 aliphatic rings. The highest BCUT2D eigenvalue weighted by molar-refractivity contribution is 7.87. The molecule has 0 unspecified atom stereocenters. The van der Waals surface area contributed by atoms with Crippen LogP contribution in [-0.4, -0.2) is 48.5 Å². The minimum atomic E-state index is -4.12. The van der Waals surface area contributed by atoms with Crippen molar-refractivity contribution >= 4 is 56.8 Å². The van der Waals surface area contributed by atoms with Gasteiger partial charge >= 0.3 is 10.1 Å². The zero-order valence-corrected chi connectivity index (χ0v) is 24.1. The third-order valence-corrected chi connectivity index (χ3v) is 8.20. The molecule has 3 amide bonds. The van der Waals surface area contributed by atoms with Crippen molar-refractivity contribution in [2.45, 2.75) is 11.8 Å². The van der Waals surface area contributed by atoms with Crippen molar-refractivity contribution in [3.05, 3.63) is 129 Å². The van der Waals surface area contributed by atoms with Gasteiger partial charge in [-0.15, -0.1) is 0 Å². The van der Waals surface area contributed by atoms with E-state index in [9.17, 15) is 27.6 Å². The summed E-state index contributed by atoms with van der Waals surface area (Å²) in [5, 5.41) is 1.56. The molecule has 0 fully saturated rings. The number of hydrogen-bond acceptors (Lipinski definition) is 7. The minimum Gasteiger partial charge on any atom is -0.379 e. The number of halogens is 2. The van der Waals surface area contributed by atoms with Crippen LogP contribution < -0.4 is 4.18 Å². The Hall–Kier alpha value is -4.51. The van der Waals surface area contributed by atoms with Gasteiger partial charge in [-0.25, -0.2) is 5.01 Å². The molecule has 212 valence electrons. The zero-order valence-electron chi connectivity index (χ0n) is 21.8. The Morgan fingerprint density at radius 1 is 0.833 bits per heavy atom. The molecular weight excluding hydrogens is 603 g/mol. The minimum absolute atomic E-state index is 0.0378. The number of amides is 3. The van der Waals surface area contributed by atoms with Crippen molar-refractivity contribution in [3.63, 3.8) is 0 Å². The molecule has 0 aliphatic carbocycles. The van der Waals surface area contributed by atoms with Crippen LogP contribution >= 0.6 is 23.2 Å². The smallest absolute Gasteiger partial charge is 0.339 e. The van der Waals surface area contributed by atoms with E-state index in [4.69, 9.17) is 27.4 Å². The number of hydrazine groups is 1. The van der Waals surface area contributed by atoms with Crippen molar-refractivity contribution in [3.8, 4) is 5.75 Å². The molecule has 0 N–H and O–H groups in total. The van der Waals surface area contributed by atoms with Crippen LogP contribution in [0.4, 0.5) is 0 Å². The molecule has 1 aliphatic heterocycles. The molecule has 4 aromatic carbocycles. The first-order chi connectivity index (χ1) is 20.0. The monoisotopic (exact) mass is 622 g/mol. The number of imide groups is 1. The van der Waals surface area contributed by atoms with E-state index >= 15 is 0 Å². The summed E-state index contributed by atoms with van der Waals surface area (Å²) >= 11 is 12.2. The summed E-state index contributed by atoms with van der Waals surface area (Å²) < 4.78 is 30.4. The van der Waals surface area contributed by atoms with Crippen molar-refractivity contribution in [2.24, 2.45) is 0 Å². The highest BCUT2D eigenvalue weighted by Gasteiger charge is 2.42. The SMILES string of the molecule is Cc1ccc(S(=O)(=O)Oc2ccc(C(=O)CN(C(=O)c3ccc(Cl)cc3Cl)N3C(=O)c4ccccc4C3=O)cc2)cc1. The van der Waals surface area contributed by atoms with Crippen LogP contribution in [0.5, 0.6) is 5.75 Å². The van der Waals surface area contributed by atoms with Crippen LogP contribution in [0.3, 0.4) is 0 Å². The number of benzene rings is 4. The van der Waals surface area contributed by atoms with Gasteiger partial charge in [0.1, 0.15) is 17.2 Å². The molecule has 0 saturated heterocycles. The molecular formula is C30H20Cl2N2O7S. The first-order valence-electron chi connectivity index (χ1n) is 12.4. The van der Waals surface area contributed by atoms with Gasteiger partial charge in [0.15, 0.2) is 5.78 Å². The highest BCUT2D eigenvalue weighted by atomic mass is 35.5. The molecule has 0 radical (unpaired) electrons. The maximum Gasteiger partial charge on any atom is 0.339 e. The third-order valence-electron chi connectivity index (χ3n) is 6.40. The number of ketones is 1. The summed E-state index contributed by atoms with van der Waals surface area (Å²) in [6, 6.07) is 21.4. The summed E-state index contributed by atoms with van der Waals surface area (Å²) in [7, 11) is -4.12. The fraction of sp³-hybridized carbons (Fsp3) is 0.0667. The lowest BCUT2D eigenvalue weighted by Crippen LogP contribution is -2.51. The van der Waals surface area contributed by atoms with E-state index in [1.54, 1.807) is 24.3 Å². The Kier molecular flexibility index (Phi) is 7.87. The van der Waals surface area contributed by atoms with Gasteiger partial charge in [0.2, 0.25) is 0 Å². The molecule has 0 atom stereocenters. The van der Waals surface area contributed by atoms with E-state index < -0.39 is 40.2 Å². The van der Waals surface area contributed by atoms with Gasteiger partial charge in [-0.1, -0.05) is 53.0 Å². The number of carbonyl (C=O) groups excluding carboxylic acids is 4. The van der Waals surface area contributed by atoms with Crippen LogP contribution in [-0.2, 0) is 10.1 Å². The van der Waals surface area contributed by atoms with Crippen LogP contribution in [0.2, 0.25) is 10.0 Å². The topological polar surface area (TPSA) is 118 Å². The molecule has 4 aromatic rings. The number of carbonyl (C=O) groups is 4. The van der Waals surface area contributed by atoms with Gasteiger partial charge in [-0.05, 0) is 73.7 Å². The molecule has 0 spiro atoms. The molecule has 12 heteroatoms. The van der Waals surface area contributed by atoms with E-state index in [0.717, 1.165) is 10.6 Å². The number of aryl methyl sites for hydroxylation is 1. The van der Waals surface area contributed by atoms with Gasteiger partial charge in [0, 0.05) is 10.6 Å². The van der Waals surface area contributed by atoms with E-state index in [1.807, 2.05) is 6.92 Å². The van der Waals surface area contributed by atoms with Crippen molar-refractivity contribution in [1.82, 2.24) is 10.0 Å². The van der Waals surface area contributed by atoms with Crippen LogP contribution in [0.15, 0.2) is 95.9 Å². The molecule has 5 rings (SSSR count). The summed E-state index contributed by atoms with van der Waals surface area (Å²) in [4.78, 5) is 53.4. The van der Waals surface area contributed by atoms with E-state index in [0.29, 0.717) is 5.01 Å².